The zero-order chi connectivity index (χ0) is 17.0. The van der Waals surface area contributed by atoms with E-state index in [4.69, 9.17) is 11.6 Å². The van der Waals surface area contributed by atoms with E-state index in [1.807, 2.05) is 37.8 Å². The molecule has 1 aliphatic heterocycles. The lowest BCUT2D eigenvalue weighted by Gasteiger charge is -2.37. The Morgan fingerprint density at radius 2 is 1.74 bits per heavy atom. The van der Waals surface area contributed by atoms with Gasteiger partial charge in [-0.15, -0.1) is 0 Å². The maximum absolute atomic E-state index is 12.2. The van der Waals surface area contributed by atoms with E-state index in [9.17, 15) is 9.59 Å². The molecule has 1 fully saturated rings. The average molecular weight is 338 g/mol. The molecule has 126 valence electrons. The van der Waals surface area contributed by atoms with Crippen LogP contribution >= 0.6 is 11.6 Å². The summed E-state index contributed by atoms with van der Waals surface area (Å²) in [6, 6.07) is 7.18. The Morgan fingerprint density at radius 1 is 1.13 bits per heavy atom. The van der Waals surface area contributed by atoms with E-state index in [-0.39, 0.29) is 17.2 Å². The van der Waals surface area contributed by atoms with Gasteiger partial charge in [-0.3, -0.25) is 14.5 Å². The fraction of sp³-hybridized carbons (Fsp3) is 0.529. The van der Waals surface area contributed by atoms with Crippen LogP contribution < -0.4 is 5.32 Å². The summed E-state index contributed by atoms with van der Waals surface area (Å²) in [5.74, 6) is 0.0753. The Hall–Kier alpha value is -1.59. The Balaban J connectivity index is 1.81. The molecule has 2 rings (SSSR count). The summed E-state index contributed by atoms with van der Waals surface area (Å²) in [5.41, 5.74) is 0.268. The van der Waals surface area contributed by atoms with Gasteiger partial charge in [0.1, 0.15) is 0 Å². The molecule has 1 saturated heterocycles. The maximum Gasteiger partial charge on any atom is 0.238 e. The lowest BCUT2D eigenvalue weighted by Crippen LogP contribution is -2.52. The number of nitrogens with one attached hydrogen (secondary N) is 1. The molecule has 0 radical (unpaired) electrons. The molecule has 0 bridgehead atoms. The van der Waals surface area contributed by atoms with Crippen LogP contribution in [0.5, 0.6) is 0 Å². The molecule has 0 saturated carbocycles. The third-order valence-corrected chi connectivity index (χ3v) is 4.15. The minimum atomic E-state index is -0.358. The minimum absolute atomic E-state index is 0.0892. The zero-order valence-electron chi connectivity index (χ0n) is 13.9. The number of para-hydroxylation sites is 1. The number of anilines is 1. The SMILES string of the molecule is CC(C)(C)C(=O)N1CCN(CC(=O)Nc2ccccc2Cl)CC1. The zero-order valence-corrected chi connectivity index (χ0v) is 14.7. The number of carbonyl (C=O) groups is 2. The van der Waals surface area contributed by atoms with E-state index in [1.54, 1.807) is 12.1 Å². The summed E-state index contributed by atoms with van der Waals surface area (Å²) < 4.78 is 0. The number of hydrogen-bond donors (Lipinski definition) is 1. The van der Waals surface area contributed by atoms with E-state index in [1.165, 1.54) is 0 Å². The first-order chi connectivity index (χ1) is 10.8. The highest BCUT2D eigenvalue weighted by Gasteiger charge is 2.30. The number of rotatable bonds is 3. The molecule has 0 spiro atoms. The molecule has 2 amide bonds. The van der Waals surface area contributed by atoms with Crippen molar-refractivity contribution in [1.29, 1.82) is 0 Å². The van der Waals surface area contributed by atoms with Gasteiger partial charge in [-0.25, -0.2) is 0 Å². The van der Waals surface area contributed by atoms with Gasteiger partial charge in [-0.2, -0.15) is 0 Å². The van der Waals surface area contributed by atoms with Gasteiger partial charge in [-0.05, 0) is 12.1 Å². The number of amides is 2. The van der Waals surface area contributed by atoms with E-state index in [0.717, 1.165) is 0 Å². The summed E-state index contributed by atoms with van der Waals surface area (Å²) >= 11 is 6.04. The maximum atomic E-state index is 12.2. The lowest BCUT2D eigenvalue weighted by molar-refractivity contribution is -0.141. The van der Waals surface area contributed by atoms with E-state index < -0.39 is 0 Å². The fourth-order valence-electron chi connectivity index (χ4n) is 2.54. The molecule has 1 aromatic carbocycles. The highest BCUT2D eigenvalue weighted by molar-refractivity contribution is 6.33. The Morgan fingerprint density at radius 3 is 2.30 bits per heavy atom. The summed E-state index contributed by atoms with van der Waals surface area (Å²) in [4.78, 5) is 28.3. The van der Waals surface area contributed by atoms with Gasteiger partial charge >= 0.3 is 0 Å². The first-order valence-corrected chi connectivity index (χ1v) is 8.21. The normalized spacial score (nSPS) is 16.3. The topological polar surface area (TPSA) is 52.7 Å². The number of piperazine rings is 1. The molecule has 0 aliphatic carbocycles. The lowest BCUT2D eigenvalue weighted by atomic mass is 9.94. The molecule has 1 heterocycles. The van der Waals surface area contributed by atoms with Crippen LogP contribution in [0.4, 0.5) is 5.69 Å². The van der Waals surface area contributed by atoms with E-state index >= 15 is 0 Å². The molecule has 0 atom stereocenters. The number of nitrogens with zero attached hydrogens (tertiary/aromatic N) is 2. The Labute approximate surface area is 142 Å². The van der Waals surface area contributed by atoms with Crippen molar-refractivity contribution in [3.63, 3.8) is 0 Å². The number of halogens is 1. The van der Waals surface area contributed by atoms with E-state index in [0.29, 0.717) is 43.4 Å². The van der Waals surface area contributed by atoms with Crippen molar-refractivity contribution in [2.45, 2.75) is 20.8 Å². The second-order valence-corrected chi connectivity index (χ2v) is 7.25. The van der Waals surface area contributed by atoms with Gasteiger partial charge in [0.2, 0.25) is 11.8 Å². The largest absolute Gasteiger partial charge is 0.340 e. The van der Waals surface area contributed by atoms with Gasteiger partial charge < -0.3 is 10.2 Å². The third-order valence-electron chi connectivity index (χ3n) is 3.82. The summed E-state index contributed by atoms with van der Waals surface area (Å²) in [6.45, 7) is 8.83. The summed E-state index contributed by atoms with van der Waals surface area (Å²) in [5, 5.41) is 3.35. The van der Waals surface area contributed by atoms with Crippen molar-refractivity contribution in [3.8, 4) is 0 Å². The van der Waals surface area contributed by atoms with Gasteiger partial charge in [0.15, 0.2) is 0 Å². The summed E-state index contributed by atoms with van der Waals surface area (Å²) in [7, 11) is 0. The van der Waals surface area contributed by atoms with Crippen LogP contribution in [0.1, 0.15) is 20.8 Å². The third kappa shape index (κ3) is 4.94. The Bertz CT molecular complexity index is 575. The van der Waals surface area contributed by atoms with Gasteiger partial charge in [0.05, 0.1) is 17.3 Å². The van der Waals surface area contributed by atoms with Gasteiger partial charge in [0.25, 0.3) is 0 Å². The number of benzene rings is 1. The molecule has 23 heavy (non-hydrogen) atoms. The van der Waals surface area contributed by atoms with Crippen LogP contribution in [0.2, 0.25) is 5.02 Å². The predicted octanol–water partition coefficient (Wildman–Crippen LogP) is 2.47. The van der Waals surface area contributed by atoms with Crippen molar-refractivity contribution < 1.29 is 9.59 Å². The van der Waals surface area contributed by atoms with Crippen molar-refractivity contribution in [1.82, 2.24) is 9.80 Å². The molecule has 1 aliphatic rings. The molecule has 0 unspecified atom stereocenters. The predicted molar refractivity (Wildman–Crippen MR) is 92.6 cm³/mol. The van der Waals surface area contributed by atoms with Crippen LogP contribution in [0, 0.1) is 5.41 Å². The average Bonchev–Trinajstić information content (AvgIpc) is 2.49. The number of carbonyl (C=O) groups excluding carboxylic acids is 2. The van der Waals surface area contributed by atoms with E-state index in [2.05, 4.69) is 10.2 Å². The first-order valence-electron chi connectivity index (χ1n) is 7.83. The minimum Gasteiger partial charge on any atom is -0.340 e. The highest BCUT2D eigenvalue weighted by Crippen LogP contribution is 2.21. The van der Waals surface area contributed by atoms with Crippen molar-refractivity contribution in [2.75, 3.05) is 38.0 Å². The molecule has 5 nitrogen and oxygen atoms in total. The standard InChI is InChI=1S/C17H24ClN3O2/c1-17(2,3)16(23)21-10-8-20(9-11-21)12-15(22)19-14-7-5-4-6-13(14)18/h4-7H,8-12H2,1-3H3,(H,19,22). The van der Waals surface area contributed by atoms with Gasteiger partial charge in [0, 0.05) is 31.6 Å². The monoisotopic (exact) mass is 337 g/mol. The quantitative estimate of drug-likeness (QED) is 0.921. The second-order valence-electron chi connectivity index (χ2n) is 6.85. The molecule has 0 aromatic heterocycles. The van der Waals surface area contributed by atoms with Crippen molar-refractivity contribution in [3.05, 3.63) is 29.3 Å². The molecular weight excluding hydrogens is 314 g/mol. The second kappa shape index (κ2) is 7.32. The smallest absolute Gasteiger partial charge is 0.238 e. The molecular formula is C17H24ClN3O2. The van der Waals surface area contributed by atoms with Crippen molar-refractivity contribution >= 4 is 29.1 Å². The van der Waals surface area contributed by atoms with Crippen LogP contribution in [0.25, 0.3) is 0 Å². The van der Waals surface area contributed by atoms with Crippen LogP contribution in [-0.4, -0.2) is 54.3 Å². The highest BCUT2D eigenvalue weighted by atomic mass is 35.5. The van der Waals surface area contributed by atoms with Crippen molar-refractivity contribution in [2.24, 2.45) is 5.41 Å². The molecule has 6 heteroatoms. The molecule has 1 aromatic rings. The molecule has 1 N–H and O–H groups in total. The Kier molecular flexibility index (Phi) is 5.65. The van der Waals surface area contributed by atoms with Crippen LogP contribution in [0.15, 0.2) is 24.3 Å². The number of hydrogen-bond acceptors (Lipinski definition) is 3. The summed E-state index contributed by atoms with van der Waals surface area (Å²) in [6.07, 6.45) is 0. The fourth-order valence-corrected chi connectivity index (χ4v) is 2.72. The first kappa shape index (κ1) is 17.8. The van der Waals surface area contributed by atoms with Crippen LogP contribution in [-0.2, 0) is 9.59 Å². The van der Waals surface area contributed by atoms with Crippen LogP contribution in [0.3, 0.4) is 0 Å². The van der Waals surface area contributed by atoms with Gasteiger partial charge in [-0.1, -0.05) is 44.5 Å².